The lowest BCUT2D eigenvalue weighted by Crippen LogP contribution is -2.48. The summed E-state index contributed by atoms with van der Waals surface area (Å²) in [6, 6.07) is 11.9. The Kier molecular flexibility index (Phi) is 5.74. The third kappa shape index (κ3) is 4.02. The molecule has 2 aromatic carbocycles. The average Bonchev–Trinajstić information content (AvgIpc) is 2.72. The maximum absolute atomic E-state index is 13.0. The van der Waals surface area contributed by atoms with Gasteiger partial charge < -0.3 is 9.47 Å². The van der Waals surface area contributed by atoms with Crippen molar-refractivity contribution in [3.63, 3.8) is 0 Å². The van der Waals surface area contributed by atoms with Gasteiger partial charge >= 0.3 is 12.1 Å². The number of hydrogen-bond donors (Lipinski definition) is 0. The Balaban J connectivity index is 1.87. The molecule has 0 bridgehead atoms. The SMILES string of the molecule is C=C[C@H]1C[C@@H](c2ccc(C(=O)OC)cc2)OC(=O)N1S(=O)(=O)c1ccc(C)cc1. The first-order valence-electron chi connectivity index (χ1n) is 8.90. The smallest absolute Gasteiger partial charge is 0.425 e. The number of rotatable bonds is 5. The van der Waals surface area contributed by atoms with E-state index in [9.17, 15) is 18.0 Å². The van der Waals surface area contributed by atoms with E-state index in [0.717, 1.165) is 9.87 Å². The summed E-state index contributed by atoms with van der Waals surface area (Å²) in [6.45, 7) is 5.53. The number of cyclic esters (lactones) is 1. The van der Waals surface area contributed by atoms with Gasteiger partial charge in [0.15, 0.2) is 0 Å². The van der Waals surface area contributed by atoms with E-state index in [0.29, 0.717) is 11.1 Å². The van der Waals surface area contributed by atoms with Gasteiger partial charge in [-0.3, -0.25) is 0 Å². The van der Waals surface area contributed by atoms with Gasteiger partial charge in [-0.2, -0.15) is 4.31 Å². The molecule has 0 N–H and O–H groups in total. The highest BCUT2D eigenvalue weighted by atomic mass is 32.2. The van der Waals surface area contributed by atoms with Crippen LogP contribution in [0.2, 0.25) is 0 Å². The first-order chi connectivity index (χ1) is 13.8. The van der Waals surface area contributed by atoms with Crippen molar-refractivity contribution in [2.75, 3.05) is 7.11 Å². The van der Waals surface area contributed by atoms with Crippen LogP contribution in [0.5, 0.6) is 0 Å². The van der Waals surface area contributed by atoms with Gasteiger partial charge in [-0.15, -0.1) is 6.58 Å². The maximum Gasteiger partial charge on any atom is 0.425 e. The Morgan fingerprint density at radius 1 is 1.17 bits per heavy atom. The molecular weight excluding hydrogens is 394 g/mol. The molecular formula is C21H21NO6S. The van der Waals surface area contributed by atoms with Crippen LogP contribution < -0.4 is 0 Å². The van der Waals surface area contributed by atoms with E-state index in [2.05, 4.69) is 11.3 Å². The minimum atomic E-state index is -4.09. The number of methoxy groups -OCH3 is 1. The highest BCUT2D eigenvalue weighted by Gasteiger charge is 2.42. The second-order valence-corrected chi connectivity index (χ2v) is 8.45. The van der Waals surface area contributed by atoms with Crippen molar-refractivity contribution in [2.45, 2.75) is 30.4 Å². The van der Waals surface area contributed by atoms with Gasteiger partial charge in [0.05, 0.1) is 23.6 Å². The first kappa shape index (κ1) is 20.6. The normalized spacial score (nSPS) is 19.4. The Bertz CT molecular complexity index is 1030. The predicted octanol–water partition coefficient (Wildman–Crippen LogP) is 3.61. The summed E-state index contributed by atoms with van der Waals surface area (Å²) >= 11 is 0. The number of amides is 1. The lowest BCUT2D eigenvalue weighted by molar-refractivity contribution is 0.0353. The van der Waals surface area contributed by atoms with Crippen LogP contribution in [-0.2, 0) is 19.5 Å². The molecule has 0 aliphatic carbocycles. The van der Waals surface area contributed by atoms with Gasteiger partial charge in [0.2, 0.25) is 0 Å². The van der Waals surface area contributed by atoms with Gasteiger partial charge in [-0.1, -0.05) is 35.9 Å². The largest absolute Gasteiger partial charge is 0.465 e. The van der Waals surface area contributed by atoms with E-state index in [1.165, 1.54) is 25.3 Å². The van der Waals surface area contributed by atoms with Crippen LogP contribution in [0.3, 0.4) is 0 Å². The minimum absolute atomic E-state index is 0.00720. The number of aryl methyl sites for hydroxylation is 1. The van der Waals surface area contributed by atoms with Crippen LogP contribution in [0.25, 0.3) is 0 Å². The van der Waals surface area contributed by atoms with Gasteiger partial charge in [0.1, 0.15) is 6.10 Å². The second-order valence-electron chi connectivity index (χ2n) is 6.64. The van der Waals surface area contributed by atoms with E-state index in [1.807, 2.05) is 6.92 Å². The molecule has 0 radical (unpaired) electrons. The summed E-state index contributed by atoms with van der Waals surface area (Å²) in [5.41, 5.74) is 1.91. The Hall–Kier alpha value is -3.13. The number of carbonyl (C=O) groups is 2. The third-order valence-electron chi connectivity index (χ3n) is 4.73. The van der Waals surface area contributed by atoms with E-state index < -0.39 is 34.2 Å². The van der Waals surface area contributed by atoms with Crippen molar-refractivity contribution in [3.8, 4) is 0 Å². The molecule has 2 atom stereocenters. The van der Waals surface area contributed by atoms with Gasteiger partial charge in [-0.25, -0.2) is 18.0 Å². The molecule has 3 rings (SSSR count). The summed E-state index contributed by atoms with van der Waals surface area (Å²) in [6.07, 6.45) is -0.00898. The second kappa shape index (κ2) is 8.08. The number of sulfonamides is 1. The molecule has 1 aliphatic rings. The summed E-state index contributed by atoms with van der Waals surface area (Å²) in [5, 5.41) is 0. The standard InChI is InChI=1S/C21H21NO6S/c1-4-17-13-19(15-7-9-16(10-8-15)20(23)27-3)28-21(24)22(17)29(25,26)18-11-5-14(2)6-12-18/h4-12,17,19H,1,13H2,2-3H3/t17-,19-/m0/s1. The van der Waals surface area contributed by atoms with Crippen LogP contribution in [0, 0.1) is 6.92 Å². The lowest BCUT2D eigenvalue weighted by atomic mass is 9.99. The average molecular weight is 415 g/mol. The number of carbonyl (C=O) groups excluding carboxylic acids is 2. The Morgan fingerprint density at radius 3 is 2.34 bits per heavy atom. The monoisotopic (exact) mass is 415 g/mol. The molecule has 7 nitrogen and oxygen atoms in total. The molecule has 1 saturated heterocycles. The Morgan fingerprint density at radius 2 is 1.79 bits per heavy atom. The molecule has 0 saturated carbocycles. The van der Waals surface area contributed by atoms with Gasteiger partial charge in [0.25, 0.3) is 10.0 Å². The summed E-state index contributed by atoms with van der Waals surface area (Å²) in [7, 11) is -2.80. The van der Waals surface area contributed by atoms with E-state index in [-0.39, 0.29) is 11.3 Å². The van der Waals surface area contributed by atoms with E-state index in [4.69, 9.17) is 4.74 Å². The predicted molar refractivity (Wildman–Crippen MR) is 106 cm³/mol. The van der Waals surface area contributed by atoms with Crippen LogP contribution in [-0.4, -0.2) is 37.9 Å². The number of esters is 1. The highest BCUT2D eigenvalue weighted by Crippen LogP contribution is 2.34. The molecule has 8 heteroatoms. The van der Waals surface area contributed by atoms with Crippen molar-refractivity contribution in [2.24, 2.45) is 0 Å². The zero-order valence-electron chi connectivity index (χ0n) is 16.1. The number of hydrogen-bond acceptors (Lipinski definition) is 6. The topological polar surface area (TPSA) is 90.0 Å². The molecule has 29 heavy (non-hydrogen) atoms. The summed E-state index contributed by atoms with van der Waals surface area (Å²) < 4.78 is 36.8. The quantitative estimate of drug-likeness (QED) is 0.547. The molecule has 152 valence electrons. The maximum atomic E-state index is 13.0. The Labute approximate surface area is 169 Å². The number of nitrogens with zero attached hydrogens (tertiary/aromatic N) is 1. The van der Waals surface area contributed by atoms with Gasteiger partial charge in [0, 0.05) is 6.42 Å². The van der Waals surface area contributed by atoms with Crippen LogP contribution >= 0.6 is 0 Å². The van der Waals surface area contributed by atoms with Crippen LogP contribution in [0.4, 0.5) is 4.79 Å². The van der Waals surface area contributed by atoms with Crippen molar-refractivity contribution in [3.05, 3.63) is 77.9 Å². The number of ether oxygens (including phenoxy) is 2. The van der Waals surface area contributed by atoms with Crippen molar-refractivity contribution in [1.29, 1.82) is 0 Å². The molecule has 1 amide bonds. The molecule has 0 unspecified atom stereocenters. The third-order valence-corrected chi connectivity index (χ3v) is 6.54. The van der Waals surface area contributed by atoms with E-state index >= 15 is 0 Å². The van der Waals surface area contributed by atoms with Crippen LogP contribution in [0.1, 0.15) is 34.0 Å². The molecule has 2 aromatic rings. The molecule has 0 aromatic heterocycles. The van der Waals surface area contributed by atoms with Gasteiger partial charge in [-0.05, 0) is 36.8 Å². The van der Waals surface area contributed by atoms with Crippen LogP contribution in [0.15, 0.2) is 66.1 Å². The minimum Gasteiger partial charge on any atom is -0.465 e. The fourth-order valence-electron chi connectivity index (χ4n) is 3.12. The fourth-order valence-corrected chi connectivity index (χ4v) is 4.60. The van der Waals surface area contributed by atoms with Crippen molar-refractivity contribution in [1.82, 2.24) is 4.31 Å². The van der Waals surface area contributed by atoms with Crippen molar-refractivity contribution < 1.29 is 27.5 Å². The zero-order valence-corrected chi connectivity index (χ0v) is 16.9. The molecule has 1 aliphatic heterocycles. The molecule has 1 heterocycles. The lowest BCUT2D eigenvalue weighted by Gasteiger charge is -2.36. The molecule has 1 fully saturated rings. The number of benzene rings is 2. The zero-order chi connectivity index (χ0) is 21.2. The highest BCUT2D eigenvalue weighted by molar-refractivity contribution is 7.89. The summed E-state index contributed by atoms with van der Waals surface area (Å²) in [4.78, 5) is 24.2. The molecule has 0 spiro atoms. The van der Waals surface area contributed by atoms with E-state index in [1.54, 1.807) is 36.4 Å². The summed E-state index contributed by atoms with van der Waals surface area (Å²) in [5.74, 6) is -0.475. The first-order valence-corrected chi connectivity index (χ1v) is 10.3. The van der Waals surface area contributed by atoms with Crippen molar-refractivity contribution >= 4 is 22.1 Å². The fraction of sp³-hybridized carbons (Fsp3) is 0.238.